The zero-order valence-corrected chi connectivity index (χ0v) is 8.59. The molecule has 1 saturated heterocycles. The van der Waals surface area contributed by atoms with E-state index in [4.69, 9.17) is 0 Å². The number of imide groups is 2. The van der Waals surface area contributed by atoms with Crippen molar-refractivity contribution in [1.82, 2.24) is 10.2 Å². The zero-order chi connectivity index (χ0) is 10.9. The molecule has 0 saturated carbocycles. The van der Waals surface area contributed by atoms with Gasteiger partial charge in [-0.25, -0.2) is 4.79 Å². The third-order valence-corrected chi connectivity index (χ3v) is 2.72. The number of nitrogens with one attached hydrogen (secondary N) is 1. The van der Waals surface area contributed by atoms with Crippen LogP contribution in [-0.4, -0.2) is 45.0 Å². The summed E-state index contributed by atoms with van der Waals surface area (Å²) in [5, 5.41) is 1.87. The SMILES string of the molecule is CC(CS(C)=O)N1C(=O)NC(=O)C1=O. The summed E-state index contributed by atoms with van der Waals surface area (Å²) in [7, 11) is -1.12. The van der Waals surface area contributed by atoms with Crippen LogP contribution in [0.2, 0.25) is 0 Å². The van der Waals surface area contributed by atoms with Gasteiger partial charge in [0.05, 0.1) is 6.04 Å². The lowest BCUT2D eigenvalue weighted by Crippen LogP contribution is -2.41. The molecule has 0 bridgehead atoms. The predicted octanol–water partition coefficient (Wildman–Crippen LogP) is -1.17. The Labute approximate surface area is 83.1 Å². The largest absolute Gasteiger partial charge is 0.331 e. The lowest BCUT2D eigenvalue weighted by atomic mass is 10.3. The van der Waals surface area contributed by atoms with E-state index in [0.717, 1.165) is 4.90 Å². The van der Waals surface area contributed by atoms with Gasteiger partial charge in [0, 0.05) is 22.8 Å². The molecule has 7 heteroatoms. The molecule has 1 rings (SSSR count). The maximum absolute atomic E-state index is 11.1. The minimum absolute atomic E-state index is 0.173. The van der Waals surface area contributed by atoms with Crippen molar-refractivity contribution in [3.63, 3.8) is 0 Å². The van der Waals surface area contributed by atoms with Crippen molar-refractivity contribution in [2.75, 3.05) is 12.0 Å². The van der Waals surface area contributed by atoms with Crippen LogP contribution in [0, 0.1) is 0 Å². The molecule has 1 N–H and O–H groups in total. The molecule has 0 aromatic rings. The van der Waals surface area contributed by atoms with E-state index in [2.05, 4.69) is 0 Å². The van der Waals surface area contributed by atoms with Gasteiger partial charge in [0.15, 0.2) is 0 Å². The predicted molar refractivity (Wildman–Crippen MR) is 48.8 cm³/mol. The standard InChI is InChI=1S/C7H10N2O4S/c1-4(3-14(2)13)9-6(11)5(10)8-7(9)12/h4H,3H2,1-2H3,(H,8,10,12). The normalized spacial score (nSPS) is 21.0. The van der Waals surface area contributed by atoms with E-state index >= 15 is 0 Å². The topological polar surface area (TPSA) is 83.6 Å². The second-order valence-corrected chi connectivity index (χ2v) is 4.50. The molecule has 2 atom stereocenters. The highest BCUT2D eigenvalue weighted by molar-refractivity contribution is 7.84. The van der Waals surface area contributed by atoms with Gasteiger partial charge in [-0.1, -0.05) is 0 Å². The van der Waals surface area contributed by atoms with E-state index in [-0.39, 0.29) is 5.75 Å². The molecule has 0 aromatic heterocycles. The molecule has 0 aliphatic carbocycles. The molecule has 2 unspecified atom stereocenters. The van der Waals surface area contributed by atoms with Gasteiger partial charge >= 0.3 is 17.8 Å². The van der Waals surface area contributed by atoms with Gasteiger partial charge < -0.3 is 0 Å². The molecular weight excluding hydrogens is 208 g/mol. The summed E-state index contributed by atoms with van der Waals surface area (Å²) < 4.78 is 10.9. The number of carbonyl (C=O) groups excluding carboxylic acids is 3. The van der Waals surface area contributed by atoms with E-state index in [1.54, 1.807) is 6.92 Å². The summed E-state index contributed by atoms with van der Waals surface area (Å²) in [6.07, 6.45) is 1.47. The minimum atomic E-state index is -1.12. The van der Waals surface area contributed by atoms with Crippen molar-refractivity contribution in [2.45, 2.75) is 13.0 Å². The third-order valence-electron chi connectivity index (χ3n) is 1.77. The Kier molecular flexibility index (Phi) is 3.00. The molecule has 1 fully saturated rings. The smallest absolute Gasteiger partial charge is 0.269 e. The summed E-state index contributed by atoms with van der Waals surface area (Å²) in [5.41, 5.74) is 0. The van der Waals surface area contributed by atoms with Crippen LogP contribution in [0.25, 0.3) is 0 Å². The van der Waals surface area contributed by atoms with Crippen molar-refractivity contribution in [1.29, 1.82) is 0 Å². The molecule has 6 nitrogen and oxygen atoms in total. The van der Waals surface area contributed by atoms with Crippen LogP contribution in [-0.2, 0) is 20.4 Å². The molecule has 0 aromatic carbocycles. The first-order chi connectivity index (χ1) is 6.43. The highest BCUT2D eigenvalue weighted by atomic mass is 32.2. The number of amides is 4. The molecule has 14 heavy (non-hydrogen) atoms. The zero-order valence-electron chi connectivity index (χ0n) is 7.77. The summed E-state index contributed by atoms with van der Waals surface area (Å²) in [6, 6.07) is -1.27. The van der Waals surface area contributed by atoms with Crippen LogP contribution >= 0.6 is 0 Å². The van der Waals surface area contributed by atoms with Crippen LogP contribution in [0.3, 0.4) is 0 Å². The van der Waals surface area contributed by atoms with Gasteiger partial charge in [0.2, 0.25) is 0 Å². The van der Waals surface area contributed by atoms with Gasteiger partial charge in [-0.3, -0.25) is 24.0 Å². The average Bonchev–Trinajstić information content (AvgIpc) is 2.25. The first-order valence-electron chi connectivity index (χ1n) is 3.92. The Morgan fingerprint density at radius 3 is 2.36 bits per heavy atom. The van der Waals surface area contributed by atoms with Gasteiger partial charge in [-0.05, 0) is 6.92 Å². The minimum Gasteiger partial charge on any atom is -0.269 e. The van der Waals surface area contributed by atoms with Crippen molar-refractivity contribution in [2.24, 2.45) is 0 Å². The Balaban J connectivity index is 2.77. The lowest BCUT2D eigenvalue weighted by molar-refractivity contribution is -0.140. The van der Waals surface area contributed by atoms with Crippen molar-refractivity contribution >= 4 is 28.6 Å². The molecule has 1 aliphatic rings. The van der Waals surface area contributed by atoms with E-state index in [1.807, 2.05) is 5.32 Å². The molecule has 1 heterocycles. The van der Waals surface area contributed by atoms with Crippen LogP contribution in [0.15, 0.2) is 0 Å². The average molecular weight is 218 g/mol. The second-order valence-electron chi connectivity index (χ2n) is 3.02. The maximum Gasteiger partial charge on any atom is 0.331 e. The van der Waals surface area contributed by atoms with E-state index < -0.39 is 34.7 Å². The lowest BCUT2D eigenvalue weighted by Gasteiger charge is -2.18. The van der Waals surface area contributed by atoms with Crippen molar-refractivity contribution in [3.8, 4) is 0 Å². The number of nitrogens with zero attached hydrogens (tertiary/aromatic N) is 1. The quantitative estimate of drug-likeness (QED) is 0.478. The molecule has 78 valence electrons. The molecule has 4 amide bonds. The van der Waals surface area contributed by atoms with Crippen LogP contribution < -0.4 is 5.32 Å². The Morgan fingerprint density at radius 2 is 2.00 bits per heavy atom. The summed E-state index contributed by atoms with van der Waals surface area (Å²) in [6.45, 7) is 1.57. The van der Waals surface area contributed by atoms with Crippen molar-refractivity contribution in [3.05, 3.63) is 0 Å². The van der Waals surface area contributed by atoms with Crippen molar-refractivity contribution < 1.29 is 18.6 Å². The second kappa shape index (κ2) is 3.87. The fourth-order valence-electron chi connectivity index (χ4n) is 1.23. The molecular formula is C7H10N2O4S. The van der Waals surface area contributed by atoms with Crippen LogP contribution in [0.4, 0.5) is 4.79 Å². The first-order valence-corrected chi connectivity index (χ1v) is 5.64. The Bertz CT molecular complexity index is 328. The van der Waals surface area contributed by atoms with E-state index in [1.165, 1.54) is 6.26 Å². The maximum atomic E-state index is 11.1. The third kappa shape index (κ3) is 1.98. The number of hydrogen-bond acceptors (Lipinski definition) is 4. The first kappa shape index (κ1) is 10.8. The van der Waals surface area contributed by atoms with Crippen LogP contribution in [0.5, 0.6) is 0 Å². The van der Waals surface area contributed by atoms with Gasteiger partial charge in [0.1, 0.15) is 0 Å². The molecule has 1 aliphatic heterocycles. The highest BCUT2D eigenvalue weighted by Crippen LogP contribution is 2.07. The summed E-state index contributed by atoms with van der Waals surface area (Å²) >= 11 is 0. The highest BCUT2D eigenvalue weighted by Gasteiger charge is 2.39. The number of carbonyl (C=O) groups is 3. The summed E-state index contributed by atoms with van der Waals surface area (Å²) in [5.74, 6) is -1.64. The number of hydrogen-bond donors (Lipinski definition) is 1. The van der Waals surface area contributed by atoms with Gasteiger partial charge in [-0.2, -0.15) is 0 Å². The molecule has 0 radical (unpaired) electrons. The molecule has 0 spiro atoms. The Morgan fingerprint density at radius 1 is 1.43 bits per heavy atom. The fourth-order valence-corrected chi connectivity index (χ4v) is 2.06. The number of rotatable bonds is 3. The monoisotopic (exact) mass is 218 g/mol. The van der Waals surface area contributed by atoms with Gasteiger partial charge in [0.25, 0.3) is 0 Å². The van der Waals surface area contributed by atoms with E-state index in [9.17, 15) is 18.6 Å². The van der Waals surface area contributed by atoms with Crippen LogP contribution in [0.1, 0.15) is 6.92 Å². The van der Waals surface area contributed by atoms with E-state index in [0.29, 0.717) is 0 Å². The van der Waals surface area contributed by atoms with Gasteiger partial charge in [-0.15, -0.1) is 0 Å². The number of urea groups is 1. The summed E-state index contributed by atoms with van der Waals surface area (Å²) in [4.78, 5) is 33.8. The Hall–Kier alpha value is -1.24. The fraction of sp³-hybridized carbons (Fsp3) is 0.571.